The molecule has 154 valence electrons. The molecule has 1 atom stereocenters. The quantitative estimate of drug-likeness (QED) is 0.311. The van der Waals surface area contributed by atoms with Crippen molar-refractivity contribution in [2.24, 2.45) is 0 Å². The van der Waals surface area contributed by atoms with E-state index in [1.54, 1.807) is 20.9 Å². The summed E-state index contributed by atoms with van der Waals surface area (Å²) in [5.41, 5.74) is 1.16. The first-order valence-corrected chi connectivity index (χ1v) is 8.61. The number of hydrogen-bond donors (Lipinski definition) is 2. The Hall–Kier alpha value is -3.69. The van der Waals surface area contributed by atoms with Crippen LogP contribution in [0, 0.1) is 24.0 Å². The molecule has 1 aromatic heterocycles. The van der Waals surface area contributed by atoms with Gasteiger partial charge < -0.3 is 19.8 Å². The minimum absolute atomic E-state index is 0.0732. The SMILES string of the molecule is CNc1ccc([N+](=O)[O-])cc1C(=O)O[C@@H](C)C(=O)c1[nH]c(C)c(C(=O)OC)c1C. The highest BCUT2D eigenvalue weighted by molar-refractivity contribution is 6.05. The van der Waals surface area contributed by atoms with Crippen LogP contribution in [-0.2, 0) is 9.47 Å². The molecule has 0 aliphatic carbocycles. The van der Waals surface area contributed by atoms with E-state index in [9.17, 15) is 24.5 Å². The second-order valence-electron chi connectivity index (χ2n) is 6.27. The predicted octanol–water partition coefficient (Wildman–Crippen LogP) is 2.80. The minimum atomic E-state index is -1.20. The van der Waals surface area contributed by atoms with Crippen LogP contribution in [-0.4, -0.2) is 47.9 Å². The highest BCUT2D eigenvalue weighted by atomic mass is 16.6. The number of ketones is 1. The largest absolute Gasteiger partial charge is 0.465 e. The Bertz CT molecular complexity index is 994. The lowest BCUT2D eigenvalue weighted by Gasteiger charge is -2.14. The molecule has 0 saturated carbocycles. The predicted molar refractivity (Wildman–Crippen MR) is 103 cm³/mol. The lowest BCUT2D eigenvalue weighted by Crippen LogP contribution is -2.25. The van der Waals surface area contributed by atoms with Crippen LogP contribution < -0.4 is 5.32 Å². The number of hydrogen-bond acceptors (Lipinski definition) is 8. The molecule has 0 aliphatic heterocycles. The smallest absolute Gasteiger partial charge is 0.341 e. The van der Waals surface area contributed by atoms with Crippen molar-refractivity contribution in [2.75, 3.05) is 19.5 Å². The maximum absolute atomic E-state index is 12.8. The molecule has 2 aromatic rings. The number of esters is 2. The number of nitro groups is 1. The first-order chi connectivity index (χ1) is 13.6. The fourth-order valence-electron chi connectivity index (χ4n) is 2.92. The molecule has 0 aliphatic rings. The van der Waals surface area contributed by atoms with Crippen molar-refractivity contribution >= 4 is 29.1 Å². The summed E-state index contributed by atoms with van der Waals surface area (Å²) < 4.78 is 9.95. The zero-order valence-corrected chi connectivity index (χ0v) is 16.6. The summed E-state index contributed by atoms with van der Waals surface area (Å²) in [6.07, 6.45) is -1.20. The first kappa shape index (κ1) is 21.6. The van der Waals surface area contributed by atoms with Crippen LogP contribution in [0.2, 0.25) is 0 Å². The van der Waals surface area contributed by atoms with Crippen LogP contribution in [0.1, 0.15) is 49.4 Å². The van der Waals surface area contributed by atoms with E-state index in [0.717, 1.165) is 6.07 Å². The monoisotopic (exact) mass is 403 g/mol. The average Bonchev–Trinajstić information content (AvgIpc) is 2.99. The van der Waals surface area contributed by atoms with Gasteiger partial charge in [0.1, 0.15) is 0 Å². The minimum Gasteiger partial charge on any atom is -0.465 e. The normalized spacial score (nSPS) is 11.5. The van der Waals surface area contributed by atoms with Gasteiger partial charge >= 0.3 is 11.9 Å². The Kier molecular flexibility index (Phi) is 6.37. The van der Waals surface area contributed by atoms with Gasteiger partial charge in [-0.25, -0.2) is 9.59 Å². The van der Waals surface area contributed by atoms with E-state index in [1.165, 1.54) is 26.2 Å². The number of nitrogens with one attached hydrogen (secondary N) is 2. The van der Waals surface area contributed by atoms with Gasteiger partial charge in [-0.2, -0.15) is 0 Å². The molecule has 29 heavy (non-hydrogen) atoms. The third-order valence-corrected chi connectivity index (χ3v) is 4.43. The highest BCUT2D eigenvalue weighted by Crippen LogP contribution is 2.24. The Morgan fingerprint density at radius 1 is 1.21 bits per heavy atom. The van der Waals surface area contributed by atoms with Gasteiger partial charge in [-0.3, -0.25) is 14.9 Å². The second-order valence-corrected chi connectivity index (χ2v) is 6.27. The molecule has 0 saturated heterocycles. The Balaban J connectivity index is 2.29. The third-order valence-electron chi connectivity index (χ3n) is 4.43. The van der Waals surface area contributed by atoms with Gasteiger partial charge in [-0.1, -0.05) is 0 Å². The number of carbonyl (C=O) groups is 3. The maximum Gasteiger partial charge on any atom is 0.341 e. The topological polar surface area (TPSA) is 141 Å². The van der Waals surface area contributed by atoms with Crippen LogP contribution in [0.4, 0.5) is 11.4 Å². The summed E-state index contributed by atoms with van der Waals surface area (Å²) in [6, 6.07) is 3.70. The number of ether oxygens (including phenoxy) is 2. The van der Waals surface area contributed by atoms with Crippen LogP contribution in [0.3, 0.4) is 0 Å². The summed E-state index contributed by atoms with van der Waals surface area (Å²) >= 11 is 0. The molecule has 0 fully saturated rings. The van der Waals surface area contributed by atoms with Crippen LogP contribution in [0.15, 0.2) is 18.2 Å². The summed E-state index contributed by atoms with van der Waals surface area (Å²) in [6.45, 7) is 4.58. The highest BCUT2D eigenvalue weighted by Gasteiger charge is 2.28. The Labute approximate surface area is 166 Å². The Morgan fingerprint density at radius 2 is 1.86 bits per heavy atom. The Morgan fingerprint density at radius 3 is 2.41 bits per heavy atom. The van der Waals surface area contributed by atoms with Crippen molar-refractivity contribution < 1.29 is 28.8 Å². The number of nitrogens with zero attached hydrogens (tertiary/aromatic N) is 1. The maximum atomic E-state index is 12.8. The van der Waals surface area contributed by atoms with E-state index in [1.807, 2.05) is 0 Å². The van der Waals surface area contributed by atoms with Crippen molar-refractivity contribution in [1.29, 1.82) is 0 Å². The van der Waals surface area contributed by atoms with E-state index in [4.69, 9.17) is 9.47 Å². The molecule has 2 rings (SSSR count). The van der Waals surface area contributed by atoms with E-state index in [-0.39, 0.29) is 22.5 Å². The van der Waals surface area contributed by atoms with Gasteiger partial charge in [0.15, 0.2) is 6.10 Å². The number of carbonyl (C=O) groups excluding carboxylic acids is 3. The van der Waals surface area contributed by atoms with E-state index >= 15 is 0 Å². The van der Waals surface area contributed by atoms with Crippen molar-refractivity contribution in [3.63, 3.8) is 0 Å². The molecule has 1 heterocycles. The fourth-order valence-corrected chi connectivity index (χ4v) is 2.92. The van der Waals surface area contributed by atoms with Gasteiger partial charge in [0.2, 0.25) is 5.78 Å². The number of non-ortho nitro benzene ring substituents is 1. The zero-order valence-electron chi connectivity index (χ0n) is 16.6. The summed E-state index contributed by atoms with van der Waals surface area (Å²) in [7, 11) is 2.78. The molecule has 0 unspecified atom stereocenters. The molecule has 10 nitrogen and oxygen atoms in total. The lowest BCUT2D eigenvalue weighted by molar-refractivity contribution is -0.384. The van der Waals surface area contributed by atoms with Crippen molar-refractivity contribution in [1.82, 2.24) is 4.98 Å². The van der Waals surface area contributed by atoms with Gasteiger partial charge in [-0.05, 0) is 32.4 Å². The van der Waals surface area contributed by atoms with Crippen molar-refractivity contribution in [3.05, 3.63) is 56.4 Å². The van der Waals surface area contributed by atoms with Crippen LogP contribution in [0.25, 0.3) is 0 Å². The second kappa shape index (κ2) is 8.55. The standard InChI is InChI=1S/C19H21N3O7/c1-9-15(19(25)28-5)10(2)21-16(9)17(23)11(3)29-18(24)13-8-12(22(26)27)6-7-14(13)20-4/h6-8,11,20-21H,1-5H3/t11-/m0/s1. The summed E-state index contributed by atoms with van der Waals surface area (Å²) in [5, 5.41) is 13.7. The molecular formula is C19H21N3O7. The molecular weight excluding hydrogens is 382 g/mol. The first-order valence-electron chi connectivity index (χ1n) is 8.61. The van der Waals surface area contributed by atoms with E-state index in [0.29, 0.717) is 16.9 Å². The average molecular weight is 403 g/mol. The molecule has 0 amide bonds. The van der Waals surface area contributed by atoms with Crippen molar-refractivity contribution in [2.45, 2.75) is 26.9 Å². The summed E-state index contributed by atoms with van der Waals surface area (Å²) in [5.74, 6) is -2.03. The number of benzene rings is 1. The number of H-pyrrole nitrogens is 1. The molecule has 1 aromatic carbocycles. The lowest BCUT2D eigenvalue weighted by atomic mass is 10.1. The number of nitro benzene ring substituents is 1. The van der Waals surface area contributed by atoms with Gasteiger partial charge in [0.25, 0.3) is 5.69 Å². The van der Waals surface area contributed by atoms with E-state index < -0.39 is 28.7 Å². The van der Waals surface area contributed by atoms with Gasteiger partial charge in [-0.15, -0.1) is 0 Å². The van der Waals surface area contributed by atoms with Gasteiger partial charge in [0.05, 0.1) is 28.9 Å². The summed E-state index contributed by atoms with van der Waals surface area (Å²) in [4.78, 5) is 50.3. The van der Waals surface area contributed by atoms with Crippen LogP contribution >= 0.6 is 0 Å². The fraction of sp³-hybridized carbons (Fsp3) is 0.316. The number of methoxy groups -OCH3 is 1. The van der Waals surface area contributed by atoms with E-state index in [2.05, 4.69) is 10.3 Å². The number of aromatic amines is 1. The van der Waals surface area contributed by atoms with Crippen molar-refractivity contribution in [3.8, 4) is 0 Å². The number of Topliss-reactive ketones (excluding diaryl/α,β-unsaturated/α-hetero) is 1. The number of rotatable bonds is 7. The molecule has 2 N–H and O–H groups in total. The molecule has 10 heteroatoms. The molecule has 0 bridgehead atoms. The number of aromatic nitrogens is 1. The third kappa shape index (κ3) is 4.26. The van der Waals surface area contributed by atoms with Crippen LogP contribution in [0.5, 0.6) is 0 Å². The number of anilines is 1. The molecule has 0 radical (unpaired) electrons. The van der Waals surface area contributed by atoms with Gasteiger partial charge in [0, 0.05) is 30.6 Å². The molecule has 0 spiro atoms. The zero-order chi connectivity index (χ0) is 21.9. The number of aryl methyl sites for hydroxylation is 1.